The van der Waals surface area contributed by atoms with Gasteiger partial charge in [-0.15, -0.1) is 0 Å². The third-order valence-electron chi connectivity index (χ3n) is 22.5. The first kappa shape index (κ1) is 54.4. The van der Waals surface area contributed by atoms with Gasteiger partial charge in [0.1, 0.15) is 28.5 Å². The number of aliphatic hydroxyl groups is 6. The molecule has 0 radical (unpaired) electrons. The highest BCUT2D eigenvalue weighted by Crippen LogP contribution is 2.78. The molecule has 7 saturated carbocycles. The molecule has 0 aromatic heterocycles. The van der Waals surface area contributed by atoms with Crippen LogP contribution in [0.4, 0.5) is 0 Å². The Hall–Kier alpha value is -2.36. The summed E-state index contributed by atoms with van der Waals surface area (Å²) in [7, 11) is -4.67. The molecule has 17 nitrogen and oxygen atoms in total. The molecule has 8 aliphatic carbocycles. The summed E-state index contributed by atoms with van der Waals surface area (Å²) in [6, 6.07) is -0.387. The number of allylic oxidation sites excluding steroid dienone is 2. The summed E-state index contributed by atoms with van der Waals surface area (Å²) in [6.45, 7) is 16.7. The van der Waals surface area contributed by atoms with Crippen LogP contribution < -0.4 is 0 Å². The molecule has 20 atom stereocenters. The van der Waals surface area contributed by atoms with Gasteiger partial charge < -0.3 is 44.8 Å². The van der Waals surface area contributed by atoms with Gasteiger partial charge in [0.05, 0.1) is 11.7 Å². The van der Waals surface area contributed by atoms with E-state index in [-0.39, 0.29) is 48.3 Å². The Morgan fingerprint density at radius 2 is 1.50 bits per heavy atom. The molecule has 0 amide bonds. The Balaban J connectivity index is 0.000000180. The lowest BCUT2D eigenvalue weighted by atomic mass is 9.47. The Morgan fingerprint density at radius 3 is 2.17 bits per heavy atom. The summed E-state index contributed by atoms with van der Waals surface area (Å²) in [4.78, 5) is 38.7. The van der Waals surface area contributed by atoms with E-state index in [1.807, 2.05) is 19.9 Å². The van der Waals surface area contributed by atoms with Gasteiger partial charge in [0.15, 0.2) is 11.9 Å². The van der Waals surface area contributed by atoms with Crippen molar-refractivity contribution in [2.45, 2.75) is 223 Å². The summed E-state index contributed by atoms with van der Waals surface area (Å²) in [6.07, 6.45) is 13.6. The molecule has 1 spiro atoms. The first-order valence-corrected chi connectivity index (χ1v) is 28.5. The van der Waals surface area contributed by atoms with Crippen molar-refractivity contribution in [3.63, 3.8) is 0 Å². The fourth-order valence-corrected chi connectivity index (χ4v) is 18.7. The van der Waals surface area contributed by atoms with Gasteiger partial charge in [-0.1, -0.05) is 46.3 Å². The van der Waals surface area contributed by atoms with E-state index >= 15 is 0 Å². The maximum atomic E-state index is 12.9. The molecule has 11 aliphatic rings. The van der Waals surface area contributed by atoms with E-state index in [9.17, 15) is 45.0 Å². The van der Waals surface area contributed by atoms with Crippen molar-refractivity contribution in [1.29, 1.82) is 0 Å². The Kier molecular flexibility index (Phi) is 13.5. The molecule has 0 aromatic carbocycles. The van der Waals surface area contributed by atoms with Crippen LogP contribution in [0.2, 0.25) is 0 Å². The number of nitrogens with zero attached hydrogens (tertiary/aromatic N) is 1. The van der Waals surface area contributed by atoms with Crippen molar-refractivity contribution < 1.29 is 76.8 Å². The second kappa shape index (κ2) is 17.8. The summed E-state index contributed by atoms with van der Waals surface area (Å²) in [5, 5.41) is 73.9. The molecular formula is C54H83NO16S. The number of aliphatic hydroxyl groups excluding tert-OH is 1. The van der Waals surface area contributed by atoms with E-state index in [4.69, 9.17) is 31.7 Å². The highest BCUT2D eigenvalue weighted by atomic mass is 32.3. The van der Waals surface area contributed by atoms with Gasteiger partial charge in [0, 0.05) is 79.0 Å². The largest absolute Gasteiger partial charge is 0.462 e. The summed E-state index contributed by atoms with van der Waals surface area (Å²) >= 11 is 0. The predicted octanol–water partition coefficient (Wildman–Crippen LogP) is 5.18. The fourth-order valence-electron chi connectivity index (χ4n) is 18.7. The van der Waals surface area contributed by atoms with E-state index in [1.54, 1.807) is 26.8 Å². The van der Waals surface area contributed by atoms with Crippen LogP contribution in [0, 0.1) is 57.7 Å². The van der Waals surface area contributed by atoms with E-state index in [0.29, 0.717) is 74.2 Å². The number of carbonyl (C=O) groups excluding carboxylic acids is 3. The van der Waals surface area contributed by atoms with E-state index in [1.165, 1.54) is 24.8 Å². The topological polar surface area (TPSA) is 278 Å². The van der Waals surface area contributed by atoms with Crippen molar-refractivity contribution in [3.05, 3.63) is 23.3 Å². The van der Waals surface area contributed by atoms with Gasteiger partial charge in [-0.2, -0.15) is 8.42 Å². The van der Waals surface area contributed by atoms with Crippen LogP contribution in [-0.4, -0.2) is 142 Å². The quantitative estimate of drug-likeness (QED) is 0.102. The highest BCUT2D eigenvalue weighted by molar-refractivity contribution is 7.79. The maximum absolute atomic E-state index is 12.9. The van der Waals surface area contributed by atoms with E-state index in [0.717, 1.165) is 44.4 Å². The monoisotopic (exact) mass is 1030 g/mol. The first-order chi connectivity index (χ1) is 33.3. The van der Waals surface area contributed by atoms with Crippen LogP contribution in [-0.2, 0) is 39.0 Å². The number of ether oxygens (including phenoxy) is 3. The number of ketones is 1. The lowest BCUT2D eigenvalue weighted by molar-refractivity contribution is -0.354. The Labute approximate surface area is 425 Å². The second-order valence-corrected chi connectivity index (χ2v) is 26.4. The zero-order chi connectivity index (χ0) is 52.8. The molecule has 8 N–H and O–H groups in total. The normalized spacial score (nSPS) is 51.9. The zero-order valence-electron chi connectivity index (χ0n) is 43.6. The summed E-state index contributed by atoms with van der Waals surface area (Å²) < 4.78 is 50.1. The molecule has 0 aromatic rings. The highest BCUT2D eigenvalue weighted by Gasteiger charge is 2.89. The van der Waals surface area contributed by atoms with Crippen LogP contribution in [0.3, 0.4) is 0 Å². The number of rotatable bonds is 4. The van der Waals surface area contributed by atoms with Gasteiger partial charge in [0.2, 0.25) is 5.79 Å². The smallest absolute Gasteiger partial charge is 0.394 e. The number of fused-ring (bicyclic) bond motifs is 10. The minimum atomic E-state index is -4.67. The molecule has 3 saturated heterocycles. The molecule has 406 valence electrons. The number of hydrogen-bond acceptors (Lipinski definition) is 15. The minimum absolute atomic E-state index is 0.0411. The molecule has 10 fully saturated rings. The third kappa shape index (κ3) is 7.69. The molecule has 72 heavy (non-hydrogen) atoms. The number of carbonyl (C=O) groups is 3. The van der Waals surface area contributed by atoms with Crippen LogP contribution in [0.1, 0.15) is 165 Å². The Morgan fingerprint density at radius 1 is 0.819 bits per heavy atom. The average molecular weight is 1030 g/mol. The number of esters is 2. The first-order valence-electron chi connectivity index (χ1n) is 27.1. The third-order valence-corrected chi connectivity index (χ3v) is 22.5. The molecule has 11 rings (SSSR count). The van der Waals surface area contributed by atoms with Gasteiger partial charge in [-0.3, -0.25) is 23.6 Å². The van der Waals surface area contributed by atoms with Gasteiger partial charge in [0.25, 0.3) is 0 Å². The van der Waals surface area contributed by atoms with E-state index < -0.39 is 85.5 Å². The van der Waals surface area contributed by atoms with Gasteiger partial charge >= 0.3 is 22.3 Å². The maximum Gasteiger partial charge on any atom is 0.394 e. The van der Waals surface area contributed by atoms with Gasteiger partial charge in [-0.05, 0) is 139 Å². The Bertz CT molecular complexity index is 2370. The minimum Gasteiger partial charge on any atom is -0.462 e. The van der Waals surface area contributed by atoms with E-state index in [2.05, 4.69) is 25.7 Å². The molecule has 20 unspecified atom stereocenters. The standard InChI is InChI=1S/C32H49NO9.C22H32O3.H2O4S/c1-6-18(3)25(35)41-24-11-12-26(4)19-8-9-20-28(37)13-23(34)31(39)21(29(28,38)16-30(20,26)42-32(19,24)40)15-33-14-17(2)7-10-22(33)27(31,5)36;1-4-20(24)25-19-8-7-17-16-6-5-14-13-15(23)9-11-21(14,2)18(16)10-12-22(17,19)3;1-5(2,3)4/h6,17,19-24,34,36-40H,7-16H2,1-5H3;13,16-19H,4-12H2,1-3H3;(H2,1,2,3,4). The average Bonchev–Trinajstić information content (AvgIpc) is 3.71. The molecule has 4 bridgehead atoms. The zero-order valence-corrected chi connectivity index (χ0v) is 44.5. The molecule has 18 heteroatoms. The molecule has 3 aliphatic heterocycles. The molecular weight excluding hydrogens is 951 g/mol. The summed E-state index contributed by atoms with van der Waals surface area (Å²) in [5.41, 5.74) is -7.13. The number of hydrogen-bond donors (Lipinski definition) is 8. The van der Waals surface area contributed by atoms with Crippen LogP contribution in [0.5, 0.6) is 0 Å². The second-order valence-electron chi connectivity index (χ2n) is 25.5. The van der Waals surface area contributed by atoms with Crippen molar-refractivity contribution >= 4 is 28.1 Å². The van der Waals surface area contributed by atoms with Crippen LogP contribution >= 0.6 is 0 Å². The van der Waals surface area contributed by atoms with Crippen molar-refractivity contribution in [1.82, 2.24) is 4.90 Å². The van der Waals surface area contributed by atoms with Crippen LogP contribution in [0.25, 0.3) is 0 Å². The molecule has 3 heterocycles. The number of piperidine rings is 2. The SMILES string of the molecule is CC=C(C)C(=O)OC1CCC2(C)C3CCC4C5(O)CC(O)C6(O)C(CN7CC(C)CCC7C6(C)O)C5(O)CC42OC13O.CCC(=O)OC1CCC2C3CCC4=CC(=O)CCC4(C)C3CCC12C.O=S(=O)(O)O. The van der Waals surface area contributed by atoms with Crippen molar-refractivity contribution in [2.75, 3.05) is 13.1 Å². The fraction of sp³-hybridized carbons (Fsp3) is 0.870. The summed E-state index contributed by atoms with van der Waals surface area (Å²) in [5.74, 6) is -1.63. The lowest BCUT2D eigenvalue weighted by Crippen LogP contribution is -2.85. The van der Waals surface area contributed by atoms with Crippen molar-refractivity contribution in [2.24, 2.45) is 57.7 Å². The predicted molar refractivity (Wildman–Crippen MR) is 261 cm³/mol. The van der Waals surface area contributed by atoms with Crippen LogP contribution in [0.15, 0.2) is 23.3 Å². The lowest BCUT2D eigenvalue weighted by Gasteiger charge is -2.68. The van der Waals surface area contributed by atoms with Gasteiger partial charge in [-0.25, -0.2) is 4.79 Å². The van der Waals surface area contributed by atoms with Crippen molar-refractivity contribution in [3.8, 4) is 0 Å².